The van der Waals surface area contributed by atoms with Gasteiger partial charge in [0.15, 0.2) is 0 Å². The van der Waals surface area contributed by atoms with Crippen molar-refractivity contribution in [2.75, 3.05) is 19.6 Å². The maximum Gasteiger partial charge on any atom is 0.0309 e. The third-order valence-corrected chi connectivity index (χ3v) is 5.51. The summed E-state index contributed by atoms with van der Waals surface area (Å²) in [6.45, 7) is 12.8. The van der Waals surface area contributed by atoms with Gasteiger partial charge >= 0.3 is 0 Å². The first-order valence-corrected chi connectivity index (χ1v) is 8.69. The van der Waals surface area contributed by atoms with Crippen molar-refractivity contribution in [3.05, 3.63) is 11.6 Å². The Labute approximate surface area is 126 Å². The SMILES string of the molecule is CCC(C)C1CNC2(CCCCC2)CN1CC=C(C)C. The largest absolute Gasteiger partial charge is 0.308 e. The number of hydrogen-bond donors (Lipinski definition) is 1. The number of hydrogen-bond acceptors (Lipinski definition) is 2. The van der Waals surface area contributed by atoms with Gasteiger partial charge in [0.2, 0.25) is 0 Å². The molecule has 0 bridgehead atoms. The molecule has 20 heavy (non-hydrogen) atoms. The summed E-state index contributed by atoms with van der Waals surface area (Å²) in [4.78, 5) is 2.77. The van der Waals surface area contributed by atoms with E-state index in [-0.39, 0.29) is 0 Å². The number of rotatable bonds is 4. The fourth-order valence-corrected chi connectivity index (χ4v) is 3.91. The lowest BCUT2D eigenvalue weighted by Gasteiger charge is -2.51. The average molecular weight is 278 g/mol. The van der Waals surface area contributed by atoms with Crippen LogP contribution in [0.2, 0.25) is 0 Å². The Morgan fingerprint density at radius 1 is 1.30 bits per heavy atom. The minimum Gasteiger partial charge on any atom is -0.308 e. The summed E-state index contributed by atoms with van der Waals surface area (Å²) < 4.78 is 0. The molecule has 1 spiro atoms. The fourth-order valence-electron chi connectivity index (χ4n) is 3.91. The molecular formula is C18H34N2. The summed E-state index contributed by atoms with van der Waals surface area (Å²) in [6, 6.07) is 0.711. The third-order valence-electron chi connectivity index (χ3n) is 5.51. The Morgan fingerprint density at radius 3 is 2.60 bits per heavy atom. The number of piperazine rings is 1. The molecule has 2 heteroatoms. The fraction of sp³-hybridized carbons (Fsp3) is 0.889. The van der Waals surface area contributed by atoms with Gasteiger partial charge in [0.1, 0.15) is 0 Å². The molecule has 2 rings (SSSR count). The molecule has 0 radical (unpaired) electrons. The maximum absolute atomic E-state index is 3.96. The molecule has 1 aliphatic carbocycles. The molecular weight excluding hydrogens is 244 g/mol. The lowest BCUT2D eigenvalue weighted by molar-refractivity contribution is 0.0406. The highest BCUT2D eigenvalue weighted by Gasteiger charge is 2.40. The Bertz CT molecular complexity index is 324. The van der Waals surface area contributed by atoms with Crippen molar-refractivity contribution < 1.29 is 0 Å². The molecule has 2 fully saturated rings. The van der Waals surface area contributed by atoms with Gasteiger partial charge in [0, 0.05) is 31.2 Å². The zero-order valence-corrected chi connectivity index (χ0v) is 14.0. The standard InChI is InChI=1S/C18H34N2/c1-5-16(4)17-13-19-18(10-7-6-8-11-18)14-20(17)12-9-15(2)3/h9,16-17,19H,5-8,10-14H2,1-4H3. The summed E-state index contributed by atoms with van der Waals surface area (Å²) >= 11 is 0. The van der Waals surface area contributed by atoms with Crippen molar-refractivity contribution in [1.29, 1.82) is 0 Å². The summed E-state index contributed by atoms with van der Waals surface area (Å²) in [7, 11) is 0. The number of nitrogens with one attached hydrogen (secondary N) is 1. The van der Waals surface area contributed by atoms with Gasteiger partial charge in [-0.1, -0.05) is 51.2 Å². The molecule has 2 nitrogen and oxygen atoms in total. The van der Waals surface area contributed by atoms with Gasteiger partial charge < -0.3 is 5.32 Å². The molecule has 1 aliphatic heterocycles. The molecule has 0 aromatic rings. The van der Waals surface area contributed by atoms with E-state index in [4.69, 9.17) is 0 Å². The highest BCUT2D eigenvalue weighted by molar-refractivity contribution is 5.04. The quantitative estimate of drug-likeness (QED) is 0.783. The maximum atomic E-state index is 3.96. The molecule has 0 aromatic heterocycles. The van der Waals surface area contributed by atoms with E-state index in [0.29, 0.717) is 11.6 Å². The predicted octanol–water partition coefficient (Wildman–Crippen LogP) is 3.98. The van der Waals surface area contributed by atoms with Crippen LogP contribution in [-0.2, 0) is 0 Å². The topological polar surface area (TPSA) is 15.3 Å². The Kier molecular flexibility index (Phi) is 5.68. The van der Waals surface area contributed by atoms with Crippen LogP contribution in [0.4, 0.5) is 0 Å². The zero-order chi connectivity index (χ0) is 14.6. The van der Waals surface area contributed by atoms with Crippen LogP contribution in [0.15, 0.2) is 11.6 Å². The van der Waals surface area contributed by atoms with Crippen LogP contribution >= 0.6 is 0 Å². The van der Waals surface area contributed by atoms with Gasteiger partial charge in [-0.05, 0) is 32.6 Å². The summed E-state index contributed by atoms with van der Waals surface area (Å²) in [5.74, 6) is 0.786. The molecule has 0 aromatic carbocycles. The van der Waals surface area contributed by atoms with Crippen molar-refractivity contribution in [2.45, 2.75) is 77.8 Å². The second kappa shape index (κ2) is 7.09. The number of nitrogens with zero attached hydrogens (tertiary/aromatic N) is 1. The second-order valence-electron chi connectivity index (χ2n) is 7.39. The third kappa shape index (κ3) is 3.85. The van der Waals surface area contributed by atoms with E-state index < -0.39 is 0 Å². The molecule has 2 aliphatic rings. The summed E-state index contributed by atoms with van der Waals surface area (Å²) in [6.07, 6.45) is 10.7. The van der Waals surface area contributed by atoms with E-state index in [1.165, 1.54) is 57.2 Å². The lowest BCUT2D eigenvalue weighted by atomic mass is 9.78. The second-order valence-corrected chi connectivity index (χ2v) is 7.39. The van der Waals surface area contributed by atoms with Gasteiger partial charge in [0.05, 0.1) is 0 Å². The van der Waals surface area contributed by atoms with Crippen molar-refractivity contribution in [3.8, 4) is 0 Å². The highest BCUT2D eigenvalue weighted by atomic mass is 15.3. The van der Waals surface area contributed by atoms with Gasteiger partial charge in [-0.2, -0.15) is 0 Å². The first kappa shape index (κ1) is 16.0. The van der Waals surface area contributed by atoms with Crippen LogP contribution in [0.1, 0.15) is 66.2 Å². The van der Waals surface area contributed by atoms with Crippen molar-refractivity contribution in [1.82, 2.24) is 10.2 Å². The van der Waals surface area contributed by atoms with Crippen LogP contribution in [0, 0.1) is 5.92 Å². The Morgan fingerprint density at radius 2 is 2.00 bits per heavy atom. The average Bonchev–Trinajstić information content (AvgIpc) is 2.45. The van der Waals surface area contributed by atoms with Crippen LogP contribution in [0.5, 0.6) is 0 Å². The molecule has 1 saturated carbocycles. The molecule has 2 atom stereocenters. The molecule has 1 heterocycles. The van der Waals surface area contributed by atoms with Gasteiger partial charge in [-0.25, -0.2) is 0 Å². The first-order valence-electron chi connectivity index (χ1n) is 8.69. The van der Waals surface area contributed by atoms with E-state index in [0.717, 1.165) is 12.5 Å². The monoisotopic (exact) mass is 278 g/mol. The Balaban J connectivity index is 2.07. The first-order chi connectivity index (χ1) is 9.56. The van der Waals surface area contributed by atoms with Crippen molar-refractivity contribution in [3.63, 3.8) is 0 Å². The molecule has 1 N–H and O–H groups in total. The van der Waals surface area contributed by atoms with E-state index in [9.17, 15) is 0 Å². The molecule has 116 valence electrons. The zero-order valence-electron chi connectivity index (χ0n) is 14.0. The summed E-state index contributed by atoms with van der Waals surface area (Å²) in [5.41, 5.74) is 1.88. The van der Waals surface area contributed by atoms with Crippen molar-refractivity contribution >= 4 is 0 Å². The van der Waals surface area contributed by atoms with E-state index >= 15 is 0 Å². The van der Waals surface area contributed by atoms with Crippen molar-refractivity contribution in [2.24, 2.45) is 5.92 Å². The van der Waals surface area contributed by atoms with Gasteiger partial charge in [0.25, 0.3) is 0 Å². The van der Waals surface area contributed by atoms with E-state index in [2.05, 4.69) is 44.0 Å². The molecule has 2 unspecified atom stereocenters. The molecule has 0 amide bonds. The Hall–Kier alpha value is -0.340. The lowest BCUT2D eigenvalue weighted by Crippen LogP contribution is -2.66. The summed E-state index contributed by atoms with van der Waals surface area (Å²) in [5, 5.41) is 3.96. The smallest absolute Gasteiger partial charge is 0.0309 e. The van der Waals surface area contributed by atoms with E-state index in [1.807, 2.05) is 0 Å². The van der Waals surface area contributed by atoms with Crippen LogP contribution in [0.25, 0.3) is 0 Å². The van der Waals surface area contributed by atoms with E-state index in [1.54, 1.807) is 0 Å². The molecule has 1 saturated heterocycles. The van der Waals surface area contributed by atoms with Crippen LogP contribution in [-0.4, -0.2) is 36.1 Å². The van der Waals surface area contributed by atoms with Crippen LogP contribution in [0.3, 0.4) is 0 Å². The predicted molar refractivity (Wildman–Crippen MR) is 88.1 cm³/mol. The number of allylic oxidation sites excluding steroid dienone is 1. The highest BCUT2D eigenvalue weighted by Crippen LogP contribution is 2.33. The minimum atomic E-state index is 0.428. The van der Waals surface area contributed by atoms with Gasteiger partial charge in [-0.15, -0.1) is 0 Å². The minimum absolute atomic E-state index is 0.428. The van der Waals surface area contributed by atoms with Crippen LogP contribution < -0.4 is 5.32 Å². The normalized spacial score (nSPS) is 28.3. The van der Waals surface area contributed by atoms with Gasteiger partial charge in [-0.3, -0.25) is 4.90 Å².